The summed E-state index contributed by atoms with van der Waals surface area (Å²) in [6.07, 6.45) is 0. The number of amides is 2. The number of carbonyl (C=O) groups excluding carboxylic acids is 2. The third-order valence-electron chi connectivity index (χ3n) is 4.01. The van der Waals surface area contributed by atoms with Crippen molar-refractivity contribution in [1.82, 2.24) is 4.98 Å². The molecule has 0 fully saturated rings. The third-order valence-corrected chi connectivity index (χ3v) is 4.94. The molecule has 0 radical (unpaired) electrons. The first-order chi connectivity index (χ1) is 13.6. The number of carbonyl (C=O) groups is 2. The normalized spacial score (nSPS) is 10.6. The van der Waals surface area contributed by atoms with Gasteiger partial charge in [0, 0.05) is 16.8 Å². The van der Waals surface area contributed by atoms with Gasteiger partial charge in [-0.3, -0.25) is 14.9 Å². The van der Waals surface area contributed by atoms with Gasteiger partial charge in [-0.2, -0.15) is 0 Å². The van der Waals surface area contributed by atoms with Crippen molar-refractivity contribution in [3.05, 3.63) is 89.7 Å². The van der Waals surface area contributed by atoms with E-state index < -0.39 is 5.82 Å². The number of benzene rings is 3. The second kappa shape index (κ2) is 7.58. The standard InChI is InChI=1S/C21H14FN3O2S/c22-15-8-6-14(7-9-15)19(26)23-16-10-11-17-18(12-16)28-21(24-17)25-20(27)13-4-2-1-3-5-13/h1-12H,(H,23,26)(H,24,25,27). The highest BCUT2D eigenvalue weighted by molar-refractivity contribution is 7.22. The highest BCUT2D eigenvalue weighted by Gasteiger charge is 2.11. The highest BCUT2D eigenvalue weighted by Crippen LogP contribution is 2.29. The van der Waals surface area contributed by atoms with E-state index in [1.165, 1.54) is 35.6 Å². The van der Waals surface area contributed by atoms with E-state index in [1.54, 1.807) is 42.5 Å². The van der Waals surface area contributed by atoms with Gasteiger partial charge < -0.3 is 5.32 Å². The molecule has 1 heterocycles. The average molecular weight is 391 g/mol. The number of rotatable bonds is 4. The first kappa shape index (κ1) is 17.8. The van der Waals surface area contributed by atoms with Crippen molar-refractivity contribution < 1.29 is 14.0 Å². The van der Waals surface area contributed by atoms with Crippen molar-refractivity contribution in [2.45, 2.75) is 0 Å². The second-order valence-electron chi connectivity index (χ2n) is 5.98. The van der Waals surface area contributed by atoms with Gasteiger partial charge in [0.1, 0.15) is 5.82 Å². The number of halogens is 1. The van der Waals surface area contributed by atoms with Gasteiger partial charge in [-0.15, -0.1) is 0 Å². The first-order valence-electron chi connectivity index (χ1n) is 8.42. The van der Waals surface area contributed by atoms with Crippen LogP contribution in [0.15, 0.2) is 72.8 Å². The van der Waals surface area contributed by atoms with Gasteiger partial charge in [-0.1, -0.05) is 29.5 Å². The Hall–Kier alpha value is -3.58. The maximum atomic E-state index is 13.0. The zero-order valence-electron chi connectivity index (χ0n) is 14.5. The largest absolute Gasteiger partial charge is 0.322 e. The van der Waals surface area contributed by atoms with Gasteiger partial charge >= 0.3 is 0 Å². The Bertz CT molecular complexity index is 1160. The van der Waals surface area contributed by atoms with Crippen LogP contribution in [0.25, 0.3) is 10.2 Å². The number of fused-ring (bicyclic) bond motifs is 1. The maximum absolute atomic E-state index is 13.0. The minimum atomic E-state index is -0.396. The van der Waals surface area contributed by atoms with Crippen LogP contribution in [-0.4, -0.2) is 16.8 Å². The van der Waals surface area contributed by atoms with Crippen LogP contribution in [0.1, 0.15) is 20.7 Å². The van der Waals surface area contributed by atoms with Crippen molar-refractivity contribution in [1.29, 1.82) is 0 Å². The monoisotopic (exact) mass is 391 g/mol. The Balaban J connectivity index is 1.51. The summed E-state index contributed by atoms with van der Waals surface area (Å²) >= 11 is 1.32. The van der Waals surface area contributed by atoms with Crippen LogP contribution in [0.3, 0.4) is 0 Å². The molecular weight excluding hydrogens is 377 g/mol. The Labute approximate surface area is 163 Å². The van der Waals surface area contributed by atoms with Crippen LogP contribution in [0.5, 0.6) is 0 Å². The fourth-order valence-corrected chi connectivity index (χ4v) is 3.52. The number of hydrogen-bond acceptors (Lipinski definition) is 4. The summed E-state index contributed by atoms with van der Waals surface area (Å²) in [6.45, 7) is 0. The van der Waals surface area contributed by atoms with Gasteiger partial charge in [0.15, 0.2) is 5.13 Å². The molecule has 4 aromatic rings. The molecule has 1 aromatic heterocycles. The molecule has 0 unspecified atom stereocenters. The van der Waals surface area contributed by atoms with Crippen LogP contribution < -0.4 is 10.6 Å². The maximum Gasteiger partial charge on any atom is 0.257 e. The minimum Gasteiger partial charge on any atom is -0.322 e. The predicted molar refractivity (Wildman–Crippen MR) is 108 cm³/mol. The summed E-state index contributed by atoms with van der Waals surface area (Å²) in [5, 5.41) is 6.04. The molecule has 0 atom stereocenters. The Morgan fingerprint density at radius 3 is 2.25 bits per heavy atom. The van der Waals surface area contributed by atoms with E-state index in [9.17, 15) is 14.0 Å². The molecule has 0 saturated heterocycles. The lowest BCUT2D eigenvalue weighted by atomic mass is 10.2. The van der Waals surface area contributed by atoms with Crippen LogP contribution in [-0.2, 0) is 0 Å². The van der Waals surface area contributed by atoms with Crippen LogP contribution >= 0.6 is 11.3 Å². The molecule has 0 bridgehead atoms. The third kappa shape index (κ3) is 3.89. The summed E-state index contributed by atoms with van der Waals surface area (Å²) in [5.41, 5.74) is 2.22. The van der Waals surface area contributed by atoms with Gasteiger partial charge in [-0.05, 0) is 54.6 Å². The van der Waals surface area contributed by atoms with Crippen LogP contribution in [0, 0.1) is 5.82 Å². The molecule has 7 heteroatoms. The van der Waals surface area contributed by atoms with Gasteiger partial charge in [0.2, 0.25) is 0 Å². The molecule has 3 aromatic carbocycles. The van der Waals surface area contributed by atoms with Gasteiger partial charge in [0.05, 0.1) is 10.2 Å². The number of thiazole rings is 1. The van der Waals surface area contributed by atoms with E-state index in [0.29, 0.717) is 27.5 Å². The molecule has 2 N–H and O–H groups in total. The van der Waals surface area contributed by atoms with Crippen molar-refractivity contribution in [3.8, 4) is 0 Å². The Kier molecular flexibility index (Phi) is 4.82. The molecule has 0 aliphatic carbocycles. The molecule has 5 nitrogen and oxygen atoms in total. The number of aromatic nitrogens is 1. The first-order valence-corrected chi connectivity index (χ1v) is 9.24. The zero-order valence-corrected chi connectivity index (χ0v) is 15.3. The highest BCUT2D eigenvalue weighted by atomic mass is 32.1. The molecule has 28 heavy (non-hydrogen) atoms. The van der Waals surface area contributed by atoms with Crippen LogP contribution in [0.4, 0.5) is 15.2 Å². The smallest absolute Gasteiger partial charge is 0.257 e. The summed E-state index contributed by atoms with van der Waals surface area (Å²) in [6, 6.07) is 19.5. The summed E-state index contributed by atoms with van der Waals surface area (Å²) in [4.78, 5) is 28.9. The van der Waals surface area contributed by atoms with Crippen molar-refractivity contribution in [2.75, 3.05) is 10.6 Å². The van der Waals surface area contributed by atoms with E-state index in [-0.39, 0.29) is 11.8 Å². The number of anilines is 2. The number of nitrogens with one attached hydrogen (secondary N) is 2. The fraction of sp³-hybridized carbons (Fsp3) is 0. The van der Waals surface area contributed by atoms with E-state index in [0.717, 1.165) is 4.70 Å². The van der Waals surface area contributed by atoms with E-state index in [2.05, 4.69) is 15.6 Å². The summed E-state index contributed by atoms with van der Waals surface area (Å²) in [5.74, 6) is -0.960. The Morgan fingerprint density at radius 2 is 1.50 bits per heavy atom. The number of hydrogen-bond donors (Lipinski definition) is 2. The second-order valence-corrected chi connectivity index (χ2v) is 7.01. The van der Waals surface area contributed by atoms with E-state index in [4.69, 9.17) is 0 Å². The van der Waals surface area contributed by atoms with E-state index in [1.807, 2.05) is 6.07 Å². The molecule has 0 aliphatic heterocycles. The van der Waals surface area contributed by atoms with Crippen molar-refractivity contribution in [3.63, 3.8) is 0 Å². The molecular formula is C21H14FN3O2S. The lowest BCUT2D eigenvalue weighted by Crippen LogP contribution is -2.11. The van der Waals surface area contributed by atoms with Crippen LogP contribution in [0.2, 0.25) is 0 Å². The van der Waals surface area contributed by atoms with Crippen molar-refractivity contribution in [2.24, 2.45) is 0 Å². The molecule has 138 valence electrons. The van der Waals surface area contributed by atoms with Gasteiger partial charge in [0.25, 0.3) is 11.8 Å². The molecule has 0 saturated carbocycles. The van der Waals surface area contributed by atoms with E-state index >= 15 is 0 Å². The Morgan fingerprint density at radius 1 is 0.821 bits per heavy atom. The lowest BCUT2D eigenvalue weighted by Gasteiger charge is -2.05. The molecule has 0 aliphatic rings. The number of nitrogens with zero attached hydrogens (tertiary/aromatic N) is 1. The molecule has 4 rings (SSSR count). The quantitative estimate of drug-likeness (QED) is 0.518. The topological polar surface area (TPSA) is 71.1 Å². The van der Waals surface area contributed by atoms with Crippen molar-refractivity contribution >= 4 is 44.2 Å². The lowest BCUT2D eigenvalue weighted by molar-refractivity contribution is 0.101. The zero-order chi connectivity index (χ0) is 19.5. The SMILES string of the molecule is O=C(Nc1ccc2nc(NC(=O)c3ccccc3)sc2c1)c1ccc(F)cc1. The summed E-state index contributed by atoms with van der Waals surface area (Å²) in [7, 11) is 0. The minimum absolute atomic E-state index is 0.232. The van der Waals surface area contributed by atoms with Gasteiger partial charge in [-0.25, -0.2) is 9.37 Å². The summed E-state index contributed by atoms with van der Waals surface area (Å²) < 4.78 is 13.8. The molecule has 2 amide bonds. The predicted octanol–water partition coefficient (Wildman–Crippen LogP) is 4.94. The fourth-order valence-electron chi connectivity index (χ4n) is 2.62. The molecule has 0 spiro atoms. The average Bonchev–Trinajstić information content (AvgIpc) is 3.10.